The number of amides is 2. The van der Waals surface area contributed by atoms with Crippen LogP contribution in [0.15, 0.2) is 40.8 Å². The number of carbonyl (C=O) groups is 2. The number of fused-ring (bicyclic) bond motifs is 1. The lowest BCUT2D eigenvalue weighted by atomic mass is 10.0. The summed E-state index contributed by atoms with van der Waals surface area (Å²) in [6.45, 7) is 7.67. The maximum Gasteiger partial charge on any atom is 0.409 e. The summed E-state index contributed by atoms with van der Waals surface area (Å²) < 4.78 is 31.0. The molecule has 5 rings (SSSR count). The Balaban J connectivity index is 1.46. The van der Waals surface area contributed by atoms with Gasteiger partial charge in [-0.05, 0) is 50.5 Å². The maximum atomic E-state index is 13.7. The number of rotatable bonds is 5. The van der Waals surface area contributed by atoms with E-state index in [9.17, 15) is 14.0 Å². The highest BCUT2D eigenvalue weighted by Gasteiger charge is 2.31. The quantitative estimate of drug-likeness (QED) is 0.402. The van der Waals surface area contributed by atoms with Crippen molar-refractivity contribution in [2.45, 2.75) is 38.8 Å². The molecule has 8 nitrogen and oxygen atoms in total. The average molecular weight is 558 g/mol. The summed E-state index contributed by atoms with van der Waals surface area (Å²) in [4.78, 5) is 31.2. The number of benzene rings is 2. The third-order valence-electron chi connectivity index (χ3n) is 7.57. The first-order chi connectivity index (χ1) is 18.7. The van der Waals surface area contributed by atoms with E-state index in [-0.39, 0.29) is 23.6 Å². The maximum absolute atomic E-state index is 13.7. The predicted molar refractivity (Wildman–Crippen MR) is 147 cm³/mol. The Bertz CT molecular complexity index is 1340. The fourth-order valence-corrected chi connectivity index (χ4v) is 5.50. The predicted octanol–water partition coefficient (Wildman–Crippen LogP) is 5.67. The van der Waals surface area contributed by atoms with E-state index in [1.165, 1.54) is 19.2 Å². The van der Waals surface area contributed by atoms with Gasteiger partial charge in [-0.3, -0.25) is 4.79 Å². The van der Waals surface area contributed by atoms with Crippen LogP contribution >= 0.6 is 11.6 Å². The second kappa shape index (κ2) is 11.4. The fraction of sp³-hybridized carbons (Fsp3) is 0.448. The van der Waals surface area contributed by atoms with Crippen molar-refractivity contribution in [1.29, 1.82) is 0 Å². The smallest absolute Gasteiger partial charge is 0.409 e. The van der Waals surface area contributed by atoms with Crippen molar-refractivity contribution in [3.8, 4) is 16.9 Å². The average Bonchev–Trinajstić information content (AvgIpc) is 3.31. The van der Waals surface area contributed by atoms with Crippen LogP contribution in [0.25, 0.3) is 22.1 Å². The molecule has 208 valence electrons. The van der Waals surface area contributed by atoms with E-state index < -0.39 is 6.09 Å². The minimum absolute atomic E-state index is 0.0358. The van der Waals surface area contributed by atoms with Crippen LogP contribution in [-0.2, 0) is 4.74 Å². The van der Waals surface area contributed by atoms with Gasteiger partial charge < -0.3 is 28.6 Å². The summed E-state index contributed by atoms with van der Waals surface area (Å²) in [5.74, 6) is -0.0378. The van der Waals surface area contributed by atoms with Gasteiger partial charge in [-0.1, -0.05) is 23.7 Å². The highest BCUT2D eigenvalue weighted by Crippen LogP contribution is 2.41. The minimum atomic E-state index is -0.421. The molecule has 10 heteroatoms. The van der Waals surface area contributed by atoms with Gasteiger partial charge in [0.2, 0.25) is 5.76 Å². The number of nitrogens with zero attached hydrogens (tertiary/aromatic N) is 3. The van der Waals surface area contributed by atoms with Crippen molar-refractivity contribution in [1.82, 2.24) is 14.7 Å². The molecule has 0 unspecified atom stereocenters. The van der Waals surface area contributed by atoms with E-state index in [0.717, 1.165) is 25.9 Å². The highest BCUT2D eigenvalue weighted by molar-refractivity contribution is 6.33. The summed E-state index contributed by atoms with van der Waals surface area (Å²) >= 11 is 6.70. The molecule has 2 amide bonds. The molecule has 2 aliphatic rings. The molecule has 0 radical (unpaired) electrons. The number of halogens is 2. The van der Waals surface area contributed by atoms with Crippen molar-refractivity contribution >= 4 is 34.6 Å². The molecule has 0 atom stereocenters. The third-order valence-corrected chi connectivity index (χ3v) is 7.87. The lowest BCUT2D eigenvalue weighted by Gasteiger charge is -2.34. The second-order valence-corrected chi connectivity index (χ2v) is 10.7. The molecule has 0 saturated carbocycles. The van der Waals surface area contributed by atoms with E-state index in [1.807, 2.05) is 0 Å². The van der Waals surface area contributed by atoms with Crippen LogP contribution < -0.4 is 4.74 Å². The first-order valence-corrected chi connectivity index (χ1v) is 13.7. The molecule has 1 aromatic heterocycles. The number of hydrogen-bond donors (Lipinski definition) is 0. The highest BCUT2D eigenvalue weighted by atomic mass is 35.5. The van der Waals surface area contributed by atoms with Crippen LogP contribution in [0.2, 0.25) is 5.02 Å². The SMILES string of the molecule is COC(=O)N1CCN(C(=O)c2oc3cc(OC4CCN(C(C)C)CC4)c(Cl)cc3c2-c2ccc(F)cc2)CC1. The van der Waals surface area contributed by atoms with Gasteiger partial charge in [-0.15, -0.1) is 0 Å². The number of furan rings is 1. The molecule has 2 aliphatic heterocycles. The number of piperidine rings is 1. The zero-order valence-electron chi connectivity index (χ0n) is 22.4. The van der Waals surface area contributed by atoms with Gasteiger partial charge in [0.05, 0.1) is 12.1 Å². The Kier molecular flexibility index (Phi) is 8.00. The molecular formula is C29H33ClFN3O5. The lowest BCUT2D eigenvalue weighted by molar-refractivity contribution is 0.0576. The summed E-state index contributed by atoms with van der Waals surface area (Å²) in [5, 5.41) is 1.06. The molecule has 0 aliphatic carbocycles. The Morgan fingerprint density at radius 2 is 1.64 bits per heavy atom. The standard InChI is InChI=1S/C29H33ClFN3O5/c1-18(2)32-10-8-21(9-11-32)38-25-17-24-22(16-23(25)30)26(19-4-6-20(31)7-5-19)27(39-24)28(35)33-12-14-34(15-13-33)29(36)37-3/h4-7,16-18,21H,8-15H2,1-3H3. The molecular weight excluding hydrogens is 525 g/mol. The number of methoxy groups -OCH3 is 1. The molecule has 3 aromatic rings. The molecule has 2 fully saturated rings. The zero-order chi connectivity index (χ0) is 27.7. The van der Waals surface area contributed by atoms with E-state index in [4.69, 9.17) is 25.5 Å². The van der Waals surface area contributed by atoms with Crippen LogP contribution in [0.5, 0.6) is 5.75 Å². The normalized spacial score (nSPS) is 17.2. The van der Waals surface area contributed by atoms with Gasteiger partial charge in [-0.25, -0.2) is 9.18 Å². The lowest BCUT2D eigenvalue weighted by Crippen LogP contribution is -2.50. The van der Waals surface area contributed by atoms with Crippen LogP contribution in [0, 0.1) is 5.82 Å². The van der Waals surface area contributed by atoms with Crippen LogP contribution in [-0.4, -0.2) is 85.2 Å². The van der Waals surface area contributed by atoms with Gasteiger partial charge >= 0.3 is 6.09 Å². The summed E-state index contributed by atoms with van der Waals surface area (Å²) in [6, 6.07) is 9.92. The minimum Gasteiger partial charge on any atom is -0.489 e. The Morgan fingerprint density at radius 3 is 2.26 bits per heavy atom. The van der Waals surface area contributed by atoms with Gasteiger partial charge in [0.25, 0.3) is 5.91 Å². The summed E-state index contributed by atoms with van der Waals surface area (Å²) in [7, 11) is 1.33. The Labute approximate surface area is 232 Å². The molecule has 2 aromatic carbocycles. The van der Waals surface area contributed by atoms with Crippen molar-refractivity contribution in [2.24, 2.45) is 0 Å². The van der Waals surface area contributed by atoms with Crippen molar-refractivity contribution in [3.63, 3.8) is 0 Å². The van der Waals surface area contributed by atoms with Gasteiger partial charge in [0, 0.05) is 62.3 Å². The van der Waals surface area contributed by atoms with Gasteiger partial charge in [0.15, 0.2) is 0 Å². The molecule has 0 bridgehead atoms. The number of likely N-dealkylation sites (tertiary alicyclic amines) is 1. The van der Waals surface area contributed by atoms with E-state index in [0.29, 0.717) is 65.1 Å². The zero-order valence-corrected chi connectivity index (χ0v) is 23.2. The van der Waals surface area contributed by atoms with E-state index in [1.54, 1.807) is 34.1 Å². The van der Waals surface area contributed by atoms with Crippen LogP contribution in [0.1, 0.15) is 37.2 Å². The van der Waals surface area contributed by atoms with Crippen molar-refractivity contribution in [3.05, 3.63) is 53.0 Å². The van der Waals surface area contributed by atoms with Crippen molar-refractivity contribution < 1.29 is 27.9 Å². The monoisotopic (exact) mass is 557 g/mol. The van der Waals surface area contributed by atoms with E-state index in [2.05, 4.69) is 18.7 Å². The number of carbonyl (C=O) groups excluding carboxylic acids is 2. The summed E-state index contributed by atoms with van der Waals surface area (Å²) in [5.41, 5.74) is 1.64. The Morgan fingerprint density at radius 1 is 1.00 bits per heavy atom. The largest absolute Gasteiger partial charge is 0.489 e. The molecule has 2 saturated heterocycles. The Hall–Kier alpha value is -3.30. The number of ether oxygens (including phenoxy) is 2. The number of hydrogen-bond acceptors (Lipinski definition) is 6. The van der Waals surface area contributed by atoms with E-state index >= 15 is 0 Å². The fourth-order valence-electron chi connectivity index (χ4n) is 5.30. The first kappa shape index (κ1) is 27.3. The van der Waals surface area contributed by atoms with Crippen LogP contribution in [0.3, 0.4) is 0 Å². The molecule has 3 heterocycles. The first-order valence-electron chi connectivity index (χ1n) is 13.3. The summed E-state index contributed by atoms with van der Waals surface area (Å²) in [6.07, 6.45) is 1.41. The topological polar surface area (TPSA) is 75.5 Å². The molecule has 39 heavy (non-hydrogen) atoms. The van der Waals surface area contributed by atoms with Gasteiger partial charge in [-0.2, -0.15) is 0 Å². The van der Waals surface area contributed by atoms with Crippen molar-refractivity contribution in [2.75, 3.05) is 46.4 Å². The van der Waals surface area contributed by atoms with Crippen LogP contribution in [0.4, 0.5) is 9.18 Å². The molecule has 0 spiro atoms. The molecule has 0 N–H and O–H groups in total. The van der Waals surface area contributed by atoms with Gasteiger partial charge in [0.1, 0.15) is 23.3 Å². The number of piperazine rings is 1. The second-order valence-electron chi connectivity index (χ2n) is 10.3. The third kappa shape index (κ3) is 5.70.